The van der Waals surface area contributed by atoms with Crippen molar-refractivity contribution < 1.29 is 9.53 Å². The number of carbonyl (C=O) groups is 1. The maximum Gasteiger partial charge on any atom is 0.321 e. The summed E-state index contributed by atoms with van der Waals surface area (Å²) in [5, 5.41) is 2.98. The molecule has 1 fully saturated rings. The first-order valence-electron chi connectivity index (χ1n) is 8.67. The summed E-state index contributed by atoms with van der Waals surface area (Å²) in [7, 11) is 0. The first-order valence-corrected chi connectivity index (χ1v) is 8.67. The number of carbonyl (C=O) groups excluding carboxylic acids is 1. The molecule has 0 aliphatic carbocycles. The number of nitrogens with zero attached hydrogens (tertiary/aromatic N) is 2. The number of benzene rings is 1. The van der Waals surface area contributed by atoms with Gasteiger partial charge in [0.2, 0.25) is 0 Å². The molecule has 0 bridgehead atoms. The Bertz CT molecular complexity index is 646. The molecule has 1 aromatic heterocycles. The van der Waals surface area contributed by atoms with Crippen molar-refractivity contribution in [2.45, 2.75) is 32.2 Å². The molecule has 5 heteroatoms. The van der Waals surface area contributed by atoms with Gasteiger partial charge in [0, 0.05) is 43.3 Å². The van der Waals surface area contributed by atoms with Crippen LogP contribution in [0.5, 0.6) is 5.75 Å². The SMILES string of the molecule is CCCOc1cccc(NC(=O)N2CCC(n3cccc3)CC2)c1. The highest BCUT2D eigenvalue weighted by molar-refractivity contribution is 5.89. The first kappa shape index (κ1) is 16.4. The second kappa shape index (κ2) is 7.90. The van der Waals surface area contributed by atoms with Gasteiger partial charge in [-0.3, -0.25) is 0 Å². The van der Waals surface area contributed by atoms with Crippen LogP contribution in [0.1, 0.15) is 32.2 Å². The normalized spacial score (nSPS) is 15.3. The van der Waals surface area contributed by atoms with Crippen molar-refractivity contribution in [1.82, 2.24) is 9.47 Å². The zero-order valence-electron chi connectivity index (χ0n) is 14.1. The smallest absolute Gasteiger partial charge is 0.321 e. The molecule has 128 valence electrons. The Hall–Kier alpha value is -2.43. The lowest BCUT2D eigenvalue weighted by atomic mass is 10.1. The molecule has 1 aromatic carbocycles. The van der Waals surface area contributed by atoms with Crippen LogP contribution in [0.15, 0.2) is 48.8 Å². The number of ether oxygens (including phenoxy) is 1. The molecule has 0 atom stereocenters. The summed E-state index contributed by atoms with van der Waals surface area (Å²) in [5.41, 5.74) is 0.779. The van der Waals surface area contributed by atoms with Crippen molar-refractivity contribution in [2.75, 3.05) is 25.0 Å². The van der Waals surface area contributed by atoms with Gasteiger partial charge in [-0.05, 0) is 43.5 Å². The summed E-state index contributed by atoms with van der Waals surface area (Å²) in [6.07, 6.45) is 7.14. The monoisotopic (exact) mass is 327 g/mol. The van der Waals surface area contributed by atoms with Gasteiger partial charge in [-0.25, -0.2) is 4.79 Å². The molecule has 1 saturated heterocycles. The number of amides is 2. The van der Waals surface area contributed by atoms with E-state index in [0.717, 1.165) is 43.8 Å². The summed E-state index contributed by atoms with van der Waals surface area (Å²) < 4.78 is 7.85. The summed E-state index contributed by atoms with van der Waals surface area (Å²) in [5.74, 6) is 0.793. The van der Waals surface area contributed by atoms with Gasteiger partial charge in [0.1, 0.15) is 5.75 Å². The molecule has 5 nitrogen and oxygen atoms in total. The van der Waals surface area contributed by atoms with Crippen molar-refractivity contribution in [3.63, 3.8) is 0 Å². The van der Waals surface area contributed by atoms with Gasteiger partial charge in [-0.15, -0.1) is 0 Å². The second-order valence-corrected chi connectivity index (χ2v) is 6.15. The summed E-state index contributed by atoms with van der Waals surface area (Å²) >= 11 is 0. The minimum atomic E-state index is -0.0337. The van der Waals surface area contributed by atoms with Gasteiger partial charge < -0.3 is 19.5 Å². The van der Waals surface area contributed by atoms with E-state index < -0.39 is 0 Å². The molecule has 2 aromatic rings. The Kier molecular flexibility index (Phi) is 5.41. The molecule has 2 heterocycles. The highest BCUT2D eigenvalue weighted by atomic mass is 16.5. The van der Waals surface area contributed by atoms with Crippen molar-refractivity contribution in [1.29, 1.82) is 0 Å². The molecule has 0 unspecified atom stereocenters. The summed E-state index contributed by atoms with van der Waals surface area (Å²) in [6, 6.07) is 12.1. The van der Waals surface area contributed by atoms with Gasteiger partial charge in [-0.1, -0.05) is 13.0 Å². The molecule has 3 rings (SSSR count). The lowest BCUT2D eigenvalue weighted by molar-refractivity contribution is 0.184. The molecule has 0 spiro atoms. The van der Waals surface area contributed by atoms with E-state index in [4.69, 9.17) is 4.74 Å². The summed E-state index contributed by atoms with van der Waals surface area (Å²) in [6.45, 7) is 4.31. The zero-order chi connectivity index (χ0) is 16.8. The predicted octanol–water partition coefficient (Wildman–Crippen LogP) is 4.15. The van der Waals surface area contributed by atoms with E-state index in [1.165, 1.54) is 0 Å². The van der Waals surface area contributed by atoms with Crippen LogP contribution in [0, 0.1) is 0 Å². The summed E-state index contributed by atoms with van der Waals surface area (Å²) in [4.78, 5) is 14.3. The van der Waals surface area contributed by atoms with E-state index in [0.29, 0.717) is 12.6 Å². The number of nitrogens with one attached hydrogen (secondary N) is 1. The van der Waals surface area contributed by atoms with Gasteiger partial charge >= 0.3 is 6.03 Å². The van der Waals surface area contributed by atoms with E-state index in [1.807, 2.05) is 41.3 Å². The maximum absolute atomic E-state index is 12.5. The Labute approximate surface area is 143 Å². The van der Waals surface area contributed by atoms with Crippen LogP contribution in [0.3, 0.4) is 0 Å². The minimum absolute atomic E-state index is 0.0337. The molecule has 1 aliphatic heterocycles. The van der Waals surface area contributed by atoms with Crippen LogP contribution < -0.4 is 10.1 Å². The molecule has 24 heavy (non-hydrogen) atoms. The second-order valence-electron chi connectivity index (χ2n) is 6.15. The first-order chi connectivity index (χ1) is 11.8. The molecule has 0 saturated carbocycles. The molecule has 1 aliphatic rings. The van der Waals surface area contributed by atoms with Gasteiger partial charge in [0.25, 0.3) is 0 Å². The van der Waals surface area contributed by atoms with Gasteiger partial charge in [0.05, 0.1) is 6.61 Å². The average molecular weight is 327 g/mol. The lowest BCUT2D eigenvalue weighted by Crippen LogP contribution is -2.41. The Morgan fingerprint density at radius 1 is 1.21 bits per heavy atom. The van der Waals surface area contributed by atoms with Gasteiger partial charge in [-0.2, -0.15) is 0 Å². The fraction of sp³-hybridized carbons (Fsp3) is 0.421. The van der Waals surface area contributed by atoms with Crippen molar-refractivity contribution >= 4 is 11.7 Å². The number of hydrogen-bond acceptors (Lipinski definition) is 2. The van der Waals surface area contributed by atoms with Crippen LogP contribution in [0.25, 0.3) is 0 Å². The standard InChI is InChI=1S/C19H25N3O2/c1-2-14-24-18-7-5-6-16(15-18)20-19(23)22-12-8-17(9-13-22)21-10-3-4-11-21/h3-7,10-11,15,17H,2,8-9,12-14H2,1H3,(H,20,23). The van der Waals surface area contributed by atoms with Gasteiger partial charge in [0.15, 0.2) is 0 Å². The fourth-order valence-corrected chi connectivity index (χ4v) is 3.04. The Morgan fingerprint density at radius 3 is 2.67 bits per heavy atom. The van der Waals surface area contributed by atoms with E-state index in [2.05, 4.69) is 29.2 Å². The number of likely N-dealkylation sites (tertiary alicyclic amines) is 1. The lowest BCUT2D eigenvalue weighted by Gasteiger charge is -2.32. The number of anilines is 1. The van der Waals surface area contributed by atoms with Crippen LogP contribution >= 0.6 is 0 Å². The van der Waals surface area contributed by atoms with Crippen molar-refractivity contribution in [3.05, 3.63) is 48.8 Å². The third kappa shape index (κ3) is 4.10. The van der Waals surface area contributed by atoms with Crippen molar-refractivity contribution in [3.8, 4) is 5.75 Å². The number of rotatable bonds is 5. The maximum atomic E-state index is 12.5. The number of hydrogen-bond donors (Lipinski definition) is 1. The number of aromatic nitrogens is 1. The molecular weight excluding hydrogens is 302 g/mol. The molecule has 0 radical (unpaired) electrons. The van der Waals surface area contributed by atoms with E-state index >= 15 is 0 Å². The molecule has 1 N–H and O–H groups in total. The van der Waals surface area contributed by atoms with E-state index in [-0.39, 0.29) is 6.03 Å². The minimum Gasteiger partial charge on any atom is -0.494 e. The quantitative estimate of drug-likeness (QED) is 0.897. The zero-order valence-corrected chi connectivity index (χ0v) is 14.1. The predicted molar refractivity (Wildman–Crippen MR) is 95.5 cm³/mol. The third-order valence-corrected chi connectivity index (χ3v) is 4.36. The van der Waals surface area contributed by atoms with E-state index in [9.17, 15) is 4.79 Å². The fourth-order valence-electron chi connectivity index (χ4n) is 3.04. The number of piperidine rings is 1. The van der Waals surface area contributed by atoms with Crippen molar-refractivity contribution in [2.24, 2.45) is 0 Å². The Balaban J connectivity index is 1.52. The molecular formula is C19H25N3O2. The van der Waals surface area contributed by atoms with Crippen LogP contribution in [0.4, 0.5) is 10.5 Å². The van der Waals surface area contributed by atoms with Crippen LogP contribution in [0.2, 0.25) is 0 Å². The molecule has 2 amide bonds. The number of urea groups is 1. The topological polar surface area (TPSA) is 46.5 Å². The third-order valence-electron chi connectivity index (χ3n) is 4.36. The Morgan fingerprint density at radius 2 is 1.96 bits per heavy atom. The van der Waals surface area contributed by atoms with Crippen LogP contribution in [-0.4, -0.2) is 35.2 Å². The largest absolute Gasteiger partial charge is 0.494 e. The average Bonchev–Trinajstić information content (AvgIpc) is 3.15. The highest BCUT2D eigenvalue weighted by Gasteiger charge is 2.23. The van der Waals surface area contributed by atoms with Crippen LogP contribution in [-0.2, 0) is 0 Å². The highest BCUT2D eigenvalue weighted by Crippen LogP contribution is 2.23. The van der Waals surface area contributed by atoms with E-state index in [1.54, 1.807) is 0 Å².